The summed E-state index contributed by atoms with van der Waals surface area (Å²) >= 11 is 0. The van der Waals surface area contributed by atoms with Gasteiger partial charge in [0.1, 0.15) is 0 Å². The minimum Gasteiger partial charge on any atom is -0.392 e. The average Bonchev–Trinajstić information content (AvgIpc) is 2.78. The van der Waals surface area contributed by atoms with Gasteiger partial charge in [-0.2, -0.15) is 5.10 Å². The van der Waals surface area contributed by atoms with E-state index in [1.165, 1.54) is 25.7 Å². The summed E-state index contributed by atoms with van der Waals surface area (Å²) in [4.78, 5) is 0. The van der Waals surface area contributed by atoms with Crippen LogP contribution >= 0.6 is 0 Å². The molecule has 2 rings (SSSR count). The molecule has 1 fully saturated rings. The molecule has 1 aliphatic rings. The second-order valence-corrected chi connectivity index (χ2v) is 6.17. The van der Waals surface area contributed by atoms with Crippen LogP contribution in [0.1, 0.15) is 58.2 Å². The Bertz CT molecular complexity index is 364. The first-order valence-electron chi connectivity index (χ1n) is 7.28. The van der Waals surface area contributed by atoms with Crippen LogP contribution in [0.4, 0.5) is 0 Å². The van der Waals surface area contributed by atoms with Gasteiger partial charge in [-0.15, -0.1) is 0 Å². The third-order valence-corrected chi connectivity index (χ3v) is 4.22. The number of aliphatic hydroxyl groups excluding tert-OH is 1. The molecule has 3 nitrogen and oxygen atoms in total. The molecular formula is C15H26N2O. The fourth-order valence-corrected chi connectivity index (χ4v) is 2.83. The summed E-state index contributed by atoms with van der Waals surface area (Å²) in [6, 6.07) is 2.43. The highest BCUT2D eigenvalue weighted by Crippen LogP contribution is 2.31. The first kappa shape index (κ1) is 13.6. The molecule has 102 valence electrons. The Labute approximate surface area is 110 Å². The van der Waals surface area contributed by atoms with E-state index in [1.807, 2.05) is 16.9 Å². The Balaban J connectivity index is 1.88. The van der Waals surface area contributed by atoms with Crippen LogP contribution in [0.2, 0.25) is 0 Å². The summed E-state index contributed by atoms with van der Waals surface area (Å²) in [5, 5.41) is 14.8. The standard InChI is InChI=1S/C15H26N2O/c1-11(2)17-9-8-14(16-17)10-15(18)13-6-4-12(3)5-7-13/h8-9,11-13,15,18H,4-7,10H2,1-3H3. The molecule has 1 aliphatic carbocycles. The number of aliphatic hydroxyl groups is 1. The van der Waals surface area contributed by atoms with E-state index in [1.54, 1.807) is 0 Å². The zero-order valence-electron chi connectivity index (χ0n) is 11.8. The first-order chi connectivity index (χ1) is 8.56. The smallest absolute Gasteiger partial charge is 0.0650 e. The molecule has 0 aromatic carbocycles. The molecule has 0 aliphatic heterocycles. The van der Waals surface area contributed by atoms with Crippen molar-refractivity contribution in [3.8, 4) is 0 Å². The van der Waals surface area contributed by atoms with E-state index in [0.717, 1.165) is 11.6 Å². The van der Waals surface area contributed by atoms with Crippen molar-refractivity contribution in [2.45, 2.75) is 65.0 Å². The molecule has 1 unspecified atom stereocenters. The Kier molecular flexibility index (Phi) is 4.44. The Morgan fingerprint density at radius 1 is 1.33 bits per heavy atom. The molecule has 0 amide bonds. The molecule has 3 heteroatoms. The van der Waals surface area contributed by atoms with Crippen LogP contribution in [0.3, 0.4) is 0 Å². The molecule has 18 heavy (non-hydrogen) atoms. The van der Waals surface area contributed by atoms with E-state index in [2.05, 4.69) is 25.9 Å². The molecule has 0 radical (unpaired) electrons. The number of aromatic nitrogens is 2. The first-order valence-corrected chi connectivity index (χ1v) is 7.28. The third kappa shape index (κ3) is 3.35. The van der Waals surface area contributed by atoms with E-state index in [4.69, 9.17) is 0 Å². The van der Waals surface area contributed by atoms with Crippen molar-refractivity contribution in [1.29, 1.82) is 0 Å². The molecule has 1 N–H and O–H groups in total. The maximum atomic E-state index is 10.3. The summed E-state index contributed by atoms with van der Waals surface area (Å²) in [5.41, 5.74) is 1.02. The summed E-state index contributed by atoms with van der Waals surface area (Å²) in [5.74, 6) is 1.32. The van der Waals surface area contributed by atoms with Crippen LogP contribution in [0, 0.1) is 11.8 Å². The van der Waals surface area contributed by atoms with Crippen LogP contribution in [-0.4, -0.2) is 21.0 Å². The van der Waals surface area contributed by atoms with Crippen LogP contribution in [-0.2, 0) is 6.42 Å². The van der Waals surface area contributed by atoms with Crippen molar-refractivity contribution < 1.29 is 5.11 Å². The van der Waals surface area contributed by atoms with E-state index >= 15 is 0 Å². The second kappa shape index (κ2) is 5.87. The van der Waals surface area contributed by atoms with Gasteiger partial charge in [0, 0.05) is 18.7 Å². The topological polar surface area (TPSA) is 38.0 Å². The number of nitrogens with zero attached hydrogens (tertiary/aromatic N) is 2. The number of rotatable bonds is 4. The van der Waals surface area contributed by atoms with Crippen LogP contribution in [0.15, 0.2) is 12.3 Å². The van der Waals surface area contributed by atoms with Crippen molar-refractivity contribution in [1.82, 2.24) is 9.78 Å². The molecule has 1 aromatic rings. The van der Waals surface area contributed by atoms with Crippen molar-refractivity contribution in [2.75, 3.05) is 0 Å². The third-order valence-electron chi connectivity index (χ3n) is 4.22. The fourth-order valence-electron chi connectivity index (χ4n) is 2.83. The zero-order valence-corrected chi connectivity index (χ0v) is 11.8. The van der Waals surface area contributed by atoms with Gasteiger partial charge in [0.15, 0.2) is 0 Å². The normalized spacial score (nSPS) is 26.5. The molecule has 1 saturated carbocycles. The average molecular weight is 250 g/mol. The van der Waals surface area contributed by atoms with Crippen LogP contribution in [0.25, 0.3) is 0 Å². The minimum absolute atomic E-state index is 0.215. The highest BCUT2D eigenvalue weighted by atomic mass is 16.3. The summed E-state index contributed by atoms with van der Waals surface area (Å²) in [7, 11) is 0. The SMILES string of the molecule is CC1CCC(C(O)Cc2ccn(C(C)C)n2)CC1. The van der Waals surface area contributed by atoms with Gasteiger partial charge in [-0.25, -0.2) is 0 Å². The molecule has 1 heterocycles. The Morgan fingerprint density at radius 3 is 2.56 bits per heavy atom. The van der Waals surface area contributed by atoms with Gasteiger partial charge in [0.25, 0.3) is 0 Å². The van der Waals surface area contributed by atoms with E-state index in [-0.39, 0.29) is 6.10 Å². The van der Waals surface area contributed by atoms with Crippen molar-refractivity contribution in [3.63, 3.8) is 0 Å². The number of hydrogen-bond acceptors (Lipinski definition) is 2. The zero-order chi connectivity index (χ0) is 13.1. The van der Waals surface area contributed by atoms with Gasteiger partial charge in [0.2, 0.25) is 0 Å². The van der Waals surface area contributed by atoms with Gasteiger partial charge >= 0.3 is 0 Å². The van der Waals surface area contributed by atoms with E-state index in [9.17, 15) is 5.11 Å². The quantitative estimate of drug-likeness (QED) is 0.891. The molecule has 0 spiro atoms. The molecule has 1 aromatic heterocycles. The maximum absolute atomic E-state index is 10.3. The number of hydrogen-bond donors (Lipinski definition) is 1. The minimum atomic E-state index is -0.215. The molecular weight excluding hydrogens is 224 g/mol. The van der Waals surface area contributed by atoms with Crippen molar-refractivity contribution in [2.24, 2.45) is 11.8 Å². The predicted molar refractivity (Wildman–Crippen MR) is 73.4 cm³/mol. The van der Waals surface area contributed by atoms with E-state index in [0.29, 0.717) is 18.4 Å². The van der Waals surface area contributed by atoms with Crippen molar-refractivity contribution in [3.05, 3.63) is 18.0 Å². The lowest BCUT2D eigenvalue weighted by atomic mass is 9.79. The summed E-state index contributed by atoms with van der Waals surface area (Å²) in [6.45, 7) is 6.55. The predicted octanol–water partition coefficient (Wildman–Crippen LogP) is 3.19. The lowest BCUT2D eigenvalue weighted by molar-refractivity contribution is 0.0751. The molecule has 1 atom stereocenters. The second-order valence-electron chi connectivity index (χ2n) is 6.17. The van der Waals surface area contributed by atoms with Gasteiger partial charge in [-0.05, 0) is 44.6 Å². The van der Waals surface area contributed by atoms with Gasteiger partial charge < -0.3 is 5.11 Å². The Hall–Kier alpha value is -0.830. The lowest BCUT2D eigenvalue weighted by Gasteiger charge is -2.29. The highest BCUT2D eigenvalue weighted by molar-refractivity contribution is 5.02. The molecule has 0 saturated heterocycles. The monoisotopic (exact) mass is 250 g/mol. The van der Waals surface area contributed by atoms with Crippen LogP contribution < -0.4 is 0 Å². The largest absolute Gasteiger partial charge is 0.392 e. The highest BCUT2D eigenvalue weighted by Gasteiger charge is 2.25. The summed E-state index contributed by atoms with van der Waals surface area (Å²) in [6.07, 6.45) is 7.38. The van der Waals surface area contributed by atoms with Gasteiger partial charge in [0.05, 0.1) is 11.8 Å². The van der Waals surface area contributed by atoms with Crippen molar-refractivity contribution >= 4 is 0 Å². The lowest BCUT2D eigenvalue weighted by Crippen LogP contribution is -2.27. The summed E-state index contributed by atoms with van der Waals surface area (Å²) < 4.78 is 1.96. The Morgan fingerprint density at radius 2 is 2.00 bits per heavy atom. The maximum Gasteiger partial charge on any atom is 0.0650 e. The van der Waals surface area contributed by atoms with Gasteiger partial charge in [-0.1, -0.05) is 19.8 Å². The molecule has 0 bridgehead atoms. The van der Waals surface area contributed by atoms with Gasteiger partial charge in [-0.3, -0.25) is 4.68 Å². The van der Waals surface area contributed by atoms with Crippen LogP contribution in [0.5, 0.6) is 0 Å². The van der Waals surface area contributed by atoms with E-state index < -0.39 is 0 Å². The fraction of sp³-hybridized carbons (Fsp3) is 0.800.